The number of aliphatic hydroxyl groups excluding tert-OH is 1. The predicted octanol–water partition coefficient (Wildman–Crippen LogP) is 1.61. The zero-order valence-electron chi connectivity index (χ0n) is 5.64. The molecule has 54 valence electrons. The van der Waals surface area contributed by atoms with Crippen LogP contribution in [0.4, 0.5) is 0 Å². The Labute approximate surface area is 61.9 Å². The highest BCUT2D eigenvalue weighted by Crippen LogP contribution is 2.32. The molecule has 0 aliphatic heterocycles. The average Bonchev–Trinajstić information content (AvgIpc) is 1.90. The van der Waals surface area contributed by atoms with Crippen molar-refractivity contribution in [3.05, 3.63) is 0 Å². The van der Waals surface area contributed by atoms with Crippen LogP contribution in [0.2, 0.25) is 0 Å². The van der Waals surface area contributed by atoms with Crippen molar-refractivity contribution in [2.24, 2.45) is 0 Å². The average molecular weight is 146 g/mol. The van der Waals surface area contributed by atoms with E-state index < -0.39 is 0 Å². The van der Waals surface area contributed by atoms with Crippen molar-refractivity contribution in [3.8, 4) is 0 Å². The molecule has 0 saturated heterocycles. The van der Waals surface area contributed by atoms with Gasteiger partial charge >= 0.3 is 0 Å². The van der Waals surface area contributed by atoms with Crippen LogP contribution in [0.1, 0.15) is 32.1 Å². The van der Waals surface area contributed by atoms with Gasteiger partial charge in [-0.15, -0.1) is 0 Å². The van der Waals surface area contributed by atoms with E-state index in [9.17, 15) is 0 Å². The van der Waals surface area contributed by atoms with Gasteiger partial charge in [0.2, 0.25) is 0 Å². The molecule has 1 rings (SSSR count). The maximum Gasteiger partial charge on any atom is 0.0575 e. The number of rotatable bonds is 1. The topological polar surface area (TPSA) is 20.2 Å². The summed E-state index contributed by atoms with van der Waals surface area (Å²) in [6, 6.07) is 0. The van der Waals surface area contributed by atoms with Crippen LogP contribution < -0.4 is 0 Å². The van der Waals surface area contributed by atoms with Crippen molar-refractivity contribution in [3.63, 3.8) is 0 Å². The number of hydrogen-bond acceptors (Lipinski definition) is 2. The van der Waals surface area contributed by atoms with Gasteiger partial charge in [0.25, 0.3) is 0 Å². The highest BCUT2D eigenvalue weighted by atomic mass is 32.1. The standard InChI is InChI=1S/C7H14OS/c8-6-7(9)4-2-1-3-5-7/h8-9H,1-6H2. The minimum atomic E-state index is -0.0295. The van der Waals surface area contributed by atoms with Gasteiger partial charge in [-0.2, -0.15) is 12.6 Å². The first-order valence-corrected chi connectivity index (χ1v) is 4.05. The molecular formula is C7H14OS. The highest BCUT2D eigenvalue weighted by Gasteiger charge is 2.26. The van der Waals surface area contributed by atoms with Crippen LogP contribution in [0.5, 0.6) is 0 Å². The second-order valence-corrected chi connectivity index (χ2v) is 3.89. The lowest BCUT2D eigenvalue weighted by atomic mass is 9.89. The lowest BCUT2D eigenvalue weighted by molar-refractivity contribution is 0.215. The van der Waals surface area contributed by atoms with Gasteiger partial charge in [0.1, 0.15) is 0 Å². The first-order valence-electron chi connectivity index (χ1n) is 3.60. The quantitative estimate of drug-likeness (QED) is 0.538. The third-order valence-electron chi connectivity index (χ3n) is 2.08. The van der Waals surface area contributed by atoms with E-state index in [1.165, 1.54) is 19.3 Å². The van der Waals surface area contributed by atoms with Crippen LogP contribution in [0, 0.1) is 0 Å². The van der Waals surface area contributed by atoms with E-state index in [0.29, 0.717) is 0 Å². The third kappa shape index (κ3) is 1.87. The number of thiol groups is 1. The van der Waals surface area contributed by atoms with Gasteiger partial charge < -0.3 is 5.11 Å². The largest absolute Gasteiger partial charge is 0.395 e. The molecule has 0 unspecified atom stereocenters. The molecule has 0 aromatic heterocycles. The Bertz CT molecular complexity index is 86.9. The molecule has 2 heteroatoms. The summed E-state index contributed by atoms with van der Waals surface area (Å²) in [4.78, 5) is 0. The van der Waals surface area contributed by atoms with Crippen LogP contribution in [0.15, 0.2) is 0 Å². The van der Waals surface area contributed by atoms with Crippen LogP contribution in [0.3, 0.4) is 0 Å². The Morgan fingerprint density at radius 3 is 2.11 bits per heavy atom. The van der Waals surface area contributed by atoms with Crippen molar-refractivity contribution in [1.82, 2.24) is 0 Å². The molecule has 0 bridgehead atoms. The Kier molecular flexibility index (Phi) is 2.42. The van der Waals surface area contributed by atoms with E-state index in [4.69, 9.17) is 5.11 Å². The molecule has 1 nitrogen and oxygen atoms in total. The van der Waals surface area contributed by atoms with E-state index in [0.717, 1.165) is 12.8 Å². The fraction of sp³-hybridized carbons (Fsp3) is 1.00. The summed E-state index contributed by atoms with van der Waals surface area (Å²) < 4.78 is -0.0295. The molecule has 0 aromatic rings. The van der Waals surface area contributed by atoms with Crippen molar-refractivity contribution in [1.29, 1.82) is 0 Å². The predicted molar refractivity (Wildman–Crippen MR) is 41.9 cm³/mol. The number of aliphatic hydroxyl groups is 1. The Hall–Kier alpha value is 0.310. The minimum Gasteiger partial charge on any atom is -0.395 e. The van der Waals surface area contributed by atoms with E-state index in [2.05, 4.69) is 12.6 Å². The molecule has 0 atom stereocenters. The van der Waals surface area contributed by atoms with Gasteiger partial charge in [-0.25, -0.2) is 0 Å². The van der Waals surface area contributed by atoms with Crippen molar-refractivity contribution >= 4 is 12.6 Å². The normalized spacial score (nSPS) is 26.0. The molecule has 0 heterocycles. The molecule has 0 amide bonds. The summed E-state index contributed by atoms with van der Waals surface area (Å²) in [7, 11) is 0. The van der Waals surface area contributed by atoms with Gasteiger partial charge in [0.15, 0.2) is 0 Å². The molecule has 1 aliphatic carbocycles. The fourth-order valence-electron chi connectivity index (χ4n) is 1.37. The smallest absolute Gasteiger partial charge is 0.0575 e. The molecule has 0 aromatic carbocycles. The Morgan fingerprint density at radius 1 is 1.22 bits per heavy atom. The SMILES string of the molecule is OCC1(S)CCCCC1. The molecular weight excluding hydrogens is 132 g/mol. The highest BCUT2D eigenvalue weighted by molar-refractivity contribution is 7.81. The van der Waals surface area contributed by atoms with Crippen LogP contribution in [-0.2, 0) is 0 Å². The summed E-state index contributed by atoms with van der Waals surface area (Å²) in [5, 5.41) is 8.87. The monoisotopic (exact) mass is 146 g/mol. The van der Waals surface area contributed by atoms with Gasteiger partial charge in [-0.1, -0.05) is 19.3 Å². The summed E-state index contributed by atoms with van der Waals surface area (Å²) in [6.45, 7) is 0.246. The molecule has 0 spiro atoms. The zero-order chi connectivity index (χ0) is 6.74. The first-order chi connectivity index (χ1) is 4.27. The van der Waals surface area contributed by atoms with E-state index in [1.54, 1.807) is 0 Å². The van der Waals surface area contributed by atoms with Gasteiger partial charge in [0, 0.05) is 4.75 Å². The molecule has 1 saturated carbocycles. The molecule has 0 radical (unpaired) electrons. The zero-order valence-corrected chi connectivity index (χ0v) is 6.53. The van der Waals surface area contributed by atoms with Gasteiger partial charge in [-0.3, -0.25) is 0 Å². The molecule has 1 fully saturated rings. The summed E-state index contributed by atoms with van der Waals surface area (Å²) in [5.74, 6) is 0. The maximum absolute atomic E-state index is 8.87. The number of hydrogen-bond donors (Lipinski definition) is 2. The van der Waals surface area contributed by atoms with E-state index in [1.807, 2.05) is 0 Å². The summed E-state index contributed by atoms with van der Waals surface area (Å²) in [6.07, 6.45) is 5.98. The minimum absolute atomic E-state index is 0.0295. The lowest BCUT2D eigenvalue weighted by Crippen LogP contribution is -2.28. The van der Waals surface area contributed by atoms with Gasteiger partial charge in [0.05, 0.1) is 6.61 Å². The van der Waals surface area contributed by atoms with Crippen LogP contribution in [0.25, 0.3) is 0 Å². The van der Waals surface area contributed by atoms with Crippen molar-refractivity contribution < 1.29 is 5.11 Å². The maximum atomic E-state index is 8.87. The van der Waals surface area contributed by atoms with Gasteiger partial charge in [-0.05, 0) is 12.8 Å². The molecule has 1 aliphatic rings. The Morgan fingerprint density at radius 2 is 1.78 bits per heavy atom. The fourth-order valence-corrected chi connectivity index (χ4v) is 1.68. The Balaban J connectivity index is 2.37. The summed E-state index contributed by atoms with van der Waals surface area (Å²) >= 11 is 4.40. The third-order valence-corrected chi connectivity index (χ3v) is 2.67. The molecule has 1 N–H and O–H groups in total. The van der Waals surface area contributed by atoms with Crippen molar-refractivity contribution in [2.75, 3.05) is 6.61 Å². The van der Waals surface area contributed by atoms with Crippen molar-refractivity contribution in [2.45, 2.75) is 36.9 Å². The second kappa shape index (κ2) is 2.93. The van der Waals surface area contributed by atoms with E-state index in [-0.39, 0.29) is 11.4 Å². The van der Waals surface area contributed by atoms with Crippen LogP contribution >= 0.6 is 12.6 Å². The van der Waals surface area contributed by atoms with E-state index >= 15 is 0 Å². The summed E-state index contributed by atoms with van der Waals surface area (Å²) in [5.41, 5.74) is 0. The molecule has 9 heavy (non-hydrogen) atoms. The van der Waals surface area contributed by atoms with Crippen LogP contribution in [-0.4, -0.2) is 16.5 Å². The second-order valence-electron chi connectivity index (χ2n) is 2.94. The lowest BCUT2D eigenvalue weighted by Gasteiger charge is -2.30. The first kappa shape index (κ1) is 7.42.